The number of anilines is 1. The summed E-state index contributed by atoms with van der Waals surface area (Å²) in [6, 6.07) is 5.17. The molecule has 20 heavy (non-hydrogen) atoms. The van der Waals surface area contributed by atoms with E-state index in [1.807, 2.05) is 19.9 Å². The fourth-order valence-corrected chi connectivity index (χ4v) is 2.41. The van der Waals surface area contributed by atoms with Crippen LogP contribution in [-0.4, -0.2) is 26.6 Å². The van der Waals surface area contributed by atoms with Crippen LogP contribution in [0.15, 0.2) is 22.7 Å². The number of rotatable bonds is 5. The zero-order valence-electron chi connectivity index (χ0n) is 11.5. The summed E-state index contributed by atoms with van der Waals surface area (Å²) in [6.45, 7) is 5.00. The van der Waals surface area contributed by atoms with E-state index < -0.39 is 0 Å². The highest BCUT2D eigenvalue weighted by atomic mass is 79.9. The summed E-state index contributed by atoms with van der Waals surface area (Å²) < 4.78 is 2.70. The van der Waals surface area contributed by atoms with Gasteiger partial charge >= 0.3 is 0 Å². The summed E-state index contributed by atoms with van der Waals surface area (Å²) in [7, 11) is 0. The van der Waals surface area contributed by atoms with Gasteiger partial charge in [0.1, 0.15) is 11.6 Å². The van der Waals surface area contributed by atoms with Crippen LogP contribution >= 0.6 is 15.9 Å². The summed E-state index contributed by atoms with van der Waals surface area (Å²) in [5.41, 5.74) is 2.96. The number of aromatic nitrogens is 2. The predicted octanol–water partition coefficient (Wildman–Crippen LogP) is 2.57. The molecule has 0 radical (unpaired) electrons. The van der Waals surface area contributed by atoms with Crippen molar-refractivity contribution in [2.45, 2.75) is 26.9 Å². The third-order valence-electron chi connectivity index (χ3n) is 3.21. The molecule has 0 saturated heterocycles. The van der Waals surface area contributed by atoms with Crippen molar-refractivity contribution in [1.29, 1.82) is 0 Å². The van der Waals surface area contributed by atoms with Crippen molar-refractivity contribution < 1.29 is 10.2 Å². The lowest BCUT2D eigenvalue weighted by Crippen LogP contribution is -2.11. The van der Waals surface area contributed by atoms with Gasteiger partial charge in [0.2, 0.25) is 0 Å². The van der Waals surface area contributed by atoms with E-state index >= 15 is 0 Å². The number of halogens is 1. The monoisotopic (exact) mass is 339 g/mol. The van der Waals surface area contributed by atoms with Crippen molar-refractivity contribution in [2.75, 3.05) is 11.9 Å². The lowest BCUT2D eigenvalue weighted by atomic mass is 10.2. The molecule has 0 aliphatic carbocycles. The highest BCUT2D eigenvalue weighted by molar-refractivity contribution is 9.10. The summed E-state index contributed by atoms with van der Waals surface area (Å²) in [5.74, 6) is 1.13. The maximum absolute atomic E-state index is 9.53. The molecule has 0 aliphatic rings. The molecule has 0 spiro atoms. The number of aromatic hydroxyl groups is 1. The molecule has 1 aromatic carbocycles. The first-order chi connectivity index (χ1) is 9.52. The third-order valence-corrected chi connectivity index (χ3v) is 3.99. The highest BCUT2D eigenvalue weighted by Gasteiger charge is 2.11. The van der Waals surface area contributed by atoms with Gasteiger partial charge in [-0.1, -0.05) is 15.9 Å². The van der Waals surface area contributed by atoms with E-state index in [0.29, 0.717) is 13.1 Å². The lowest BCUT2D eigenvalue weighted by Gasteiger charge is -2.11. The van der Waals surface area contributed by atoms with E-state index in [1.165, 1.54) is 0 Å². The van der Waals surface area contributed by atoms with Gasteiger partial charge in [-0.15, -0.1) is 0 Å². The molecule has 0 atom stereocenters. The van der Waals surface area contributed by atoms with Crippen LogP contribution in [0.3, 0.4) is 0 Å². The molecule has 2 rings (SSSR count). The van der Waals surface area contributed by atoms with E-state index in [0.717, 1.165) is 27.1 Å². The Morgan fingerprint density at radius 2 is 2.10 bits per heavy atom. The van der Waals surface area contributed by atoms with Crippen LogP contribution in [0, 0.1) is 13.8 Å². The minimum Gasteiger partial charge on any atom is -0.508 e. The van der Waals surface area contributed by atoms with Gasteiger partial charge in [0.05, 0.1) is 18.8 Å². The molecule has 0 bridgehead atoms. The molecule has 0 unspecified atom stereocenters. The van der Waals surface area contributed by atoms with Gasteiger partial charge in [-0.25, -0.2) is 4.68 Å². The number of phenolic OH excluding ortho intramolecular Hbond substituents is 1. The van der Waals surface area contributed by atoms with Gasteiger partial charge < -0.3 is 15.5 Å². The number of aryl methyl sites for hydroxylation is 1. The number of hydrogen-bond donors (Lipinski definition) is 3. The fraction of sp³-hybridized carbons (Fsp3) is 0.357. The molecule has 1 aromatic heterocycles. The van der Waals surface area contributed by atoms with Crippen LogP contribution in [0.2, 0.25) is 0 Å². The summed E-state index contributed by atoms with van der Waals surface area (Å²) >= 11 is 3.46. The normalized spacial score (nSPS) is 10.8. The number of hydrogen-bond acceptors (Lipinski definition) is 4. The minimum absolute atomic E-state index is 0.0467. The van der Waals surface area contributed by atoms with Crippen molar-refractivity contribution in [3.63, 3.8) is 0 Å². The van der Waals surface area contributed by atoms with Gasteiger partial charge in [-0.3, -0.25) is 0 Å². The Hall–Kier alpha value is -1.53. The predicted molar refractivity (Wildman–Crippen MR) is 81.9 cm³/mol. The molecule has 0 aliphatic heterocycles. The molecule has 6 heteroatoms. The number of benzene rings is 1. The van der Waals surface area contributed by atoms with Crippen LogP contribution in [-0.2, 0) is 13.1 Å². The molecule has 2 aromatic rings. The first-order valence-electron chi connectivity index (χ1n) is 6.39. The molecule has 0 fully saturated rings. The Bertz CT molecular complexity index is 611. The van der Waals surface area contributed by atoms with E-state index in [1.54, 1.807) is 16.8 Å². The Morgan fingerprint density at radius 1 is 1.35 bits per heavy atom. The van der Waals surface area contributed by atoms with Gasteiger partial charge in [0.25, 0.3) is 0 Å². The smallest absolute Gasteiger partial charge is 0.127 e. The SMILES string of the molecule is Cc1nn(CCO)c(NCc2cc(O)ccc2Br)c1C. The largest absolute Gasteiger partial charge is 0.508 e. The second kappa shape index (κ2) is 6.28. The highest BCUT2D eigenvalue weighted by Crippen LogP contribution is 2.24. The average Bonchev–Trinajstić information content (AvgIpc) is 2.67. The standard InChI is InChI=1S/C14H18BrN3O2/c1-9-10(2)17-18(5-6-19)14(9)16-8-11-7-12(20)3-4-13(11)15/h3-4,7,16,19-20H,5-6,8H2,1-2H3. The first-order valence-corrected chi connectivity index (χ1v) is 7.18. The van der Waals surface area contributed by atoms with Crippen LogP contribution in [0.1, 0.15) is 16.8 Å². The summed E-state index contributed by atoms with van der Waals surface area (Å²) in [4.78, 5) is 0. The summed E-state index contributed by atoms with van der Waals surface area (Å²) in [5, 5.41) is 26.3. The summed E-state index contributed by atoms with van der Waals surface area (Å²) in [6.07, 6.45) is 0. The van der Waals surface area contributed by atoms with Gasteiger partial charge in [-0.05, 0) is 37.6 Å². The van der Waals surface area contributed by atoms with Crippen LogP contribution in [0.25, 0.3) is 0 Å². The Labute approximate surface area is 126 Å². The second-order valence-corrected chi connectivity index (χ2v) is 5.49. The number of aliphatic hydroxyl groups excluding tert-OH is 1. The number of phenols is 1. The first kappa shape index (κ1) is 14.9. The zero-order chi connectivity index (χ0) is 14.7. The Balaban J connectivity index is 2.20. The van der Waals surface area contributed by atoms with Crippen molar-refractivity contribution >= 4 is 21.7 Å². The maximum atomic E-state index is 9.53. The van der Waals surface area contributed by atoms with Crippen molar-refractivity contribution in [3.05, 3.63) is 39.5 Å². The van der Waals surface area contributed by atoms with E-state index in [9.17, 15) is 5.11 Å². The van der Waals surface area contributed by atoms with E-state index in [2.05, 4.69) is 26.3 Å². The van der Waals surface area contributed by atoms with Crippen LogP contribution in [0.5, 0.6) is 5.75 Å². The average molecular weight is 340 g/mol. The molecule has 3 N–H and O–H groups in total. The van der Waals surface area contributed by atoms with Gasteiger partial charge in [0, 0.05) is 16.6 Å². The van der Waals surface area contributed by atoms with Crippen molar-refractivity contribution in [1.82, 2.24) is 9.78 Å². The number of nitrogens with one attached hydrogen (secondary N) is 1. The quantitative estimate of drug-likeness (QED) is 0.782. The molecule has 5 nitrogen and oxygen atoms in total. The second-order valence-electron chi connectivity index (χ2n) is 4.64. The molecular formula is C14H18BrN3O2. The molecule has 0 saturated carbocycles. The number of aliphatic hydroxyl groups is 1. The lowest BCUT2D eigenvalue weighted by molar-refractivity contribution is 0.270. The minimum atomic E-state index is 0.0467. The molecule has 0 amide bonds. The zero-order valence-corrected chi connectivity index (χ0v) is 13.1. The van der Waals surface area contributed by atoms with E-state index in [-0.39, 0.29) is 12.4 Å². The third kappa shape index (κ3) is 3.13. The molecule has 1 heterocycles. The van der Waals surface area contributed by atoms with Crippen LogP contribution in [0.4, 0.5) is 5.82 Å². The Kier molecular flexibility index (Phi) is 4.67. The number of nitrogens with zero attached hydrogens (tertiary/aromatic N) is 2. The van der Waals surface area contributed by atoms with Gasteiger partial charge in [-0.2, -0.15) is 5.10 Å². The maximum Gasteiger partial charge on any atom is 0.127 e. The van der Waals surface area contributed by atoms with Crippen molar-refractivity contribution in [3.8, 4) is 5.75 Å². The molecule has 108 valence electrons. The molecular weight excluding hydrogens is 322 g/mol. The van der Waals surface area contributed by atoms with Crippen LogP contribution < -0.4 is 5.32 Å². The van der Waals surface area contributed by atoms with Crippen molar-refractivity contribution in [2.24, 2.45) is 0 Å². The topological polar surface area (TPSA) is 70.3 Å². The van der Waals surface area contributed by atoms with E-state index in [4.69, 9.17) is 5.11 Å². The van der Waals surface area contributed by atoms with Gasteiger partial charge in [0.15, 0.2) is 0 Å². The Morgan fingerprint density at radius 3 is 2.80 bits per heavy atom. The fourth-order valence-electron chi connectivity index (χ4n) is 2.03.